The van der Waals surface area contributed by atoms with Crippen molar-refractivity contribution in [2.75, 3.05) is 38.0 Å². The summed E-state index contributed by atoms with van der Waals surface area (Å²) in [6.45, 7) is 9.08. The van der Waals surface area contributed by atoms with Crippen molar-refractivity contribution < 1.29 is 4.79 Å². The van der Waals surface area contributed by atoms with Crippen LogP contribution in [0, 0.1) is 5.92 Å². The van der Waals surface area contributed by atoms with Crippen molar-refractivity contribution in [2.24, 2.45) is 5.92 Å². The smallest absolute Gasteiger partial charge is 0.251 e. The molecule has 2 aromatic carbocycles. The van der Waals surface area contributed by atoms with Gasteiger partial charge in [-0.3, -0.25) is 4.79 Å². The van der Waals surface area contributed by atoms with Crippen LogP contribution < -0.4 is 21.3 Å². The maximum absolute atomic E-state index is 12.7. The molecule has 0 aliphatic carbocycles. The number of piperazine rings is 1. The Bertz CT molecular complexity index is 1080. The van der Waals surface area contributed by atoms with Gasteiger partial charge in [0.1, 0.15) is 5.82 Å². The zero-order valence-corrected chi connectivity index (χ0v) is 24.0. The number of benzene rings is 2. The number of hydrogen-bond acceptors (Lipinski definition) is 5. The first-order valence-electron chi connectivity index (χ1n) is 13.9. The van der Waals surface area contributed by atoms with Crippen molar-refractivity contribution >= 4 is 34.8 Å². The summed E-state index contributed by atoms with van der Waals surface area (Å²) >= 11 is 12.2. The minimum atomic E-state index is -0.0950. The molecule has 0 aromatic heterocycles. The van der Waals surface area contributed by atoms with Gasteiger partial charge in [0.05, 0.1) is 0 Å². The number of carbonyl (C=O) groups excluding carboxylic acids is 1. The van der Waals surface area contributed by atoms with E-state index in [-0.39, 0.29) is 5.91 Å². The molecule has 2 atom stereocenters. The minimum Gasteiger partial charge on any atom is -0.356 e. The third-order valence-corrected chi connectivity index (χ3v) is 7.76. The van der Waals surface area contributed by atoms with Crippen molar-refractivity contribution in [3.05, 3.63) is 75.5 Å². The first-order valence-corrected chi connectivity index (χ1v) is 14.7. The molecule has 2 saturated heterocycles. The molecule has 1 amide bonds. The van der Waals surface area contributed by atoms with Crippen molar-refractivity contribution in [2.45, 2.75) is 58.0 Å². The molecular formula is C30H41Cl2N5O. The highest BCUT2D eigenvalue weighted by atomic mass is 35.5. The fourth-order valence-corrected chi connectivity index (χ4v) is 5.70. The van der Waals surface area contributed by atoms with E-state index < -0.39 is 0 Å². The van der Waals surface area contributed by atoms with Gasteiger partial charge in [-0.1, -0.05) is 49.5 Å². The number of carbonyl (C=O) groups is 1. The molecule has 1 unspecified atom stereocenters. The summed E-state index contributed by atoms with van der Waals surface area (Å²) in [6, 6.07) is 14.0. The third kappa shape index (κ3) is 8.63. The van der Waals surface area contributed by atoms with E-state index in [1.54, 1.807) is 6.07 Å². The Kier molecular flexibility index (Phi) is 10.8. The van der Waals surface area contributed by atoms with E-state index in [9.17, 15) is 4.79 Å². The van der Waals surface area contributed by atoms with Crippen LogP contribution in [-0.2, 0) is 6.42 Å². The van der Waals surface area contributed by atoms with Crippen LogP contribution in [0.2, 0.25) is 10.0 Å². The number of amides is 1. The summed E-state index contributed by atoms with van der Waals surface area (Å²) in [5.74, 6) is 1.72. The molecule has 0 bridgehead atoms. The average Bonchev–Trinajstić information content (AvgIpc) is 2.90. The van der Waals surface area contributed by atoms with E-state index in [0.29, 0.717) is 46.6 Å². The summed E-state index contributed by atoms with van der Waals surface area (Å²) < 4.78 is 0. The second kappa shape index (κ2) is 14.2. The van der Waals surface area contributed by atoms with Gasteiger partial charge in [-0.2, -0.15) is 0 Å². The third-order valence-electron chi connectivity index (χ3n) is 7.17. The number of piperidine rings is 1. The lowest BCUT2D eigenvalue weighted by Gasteiger charge is -2.38. The summed E-state index contributed by atoms with van der Waals surface area (Å²) in [7, 11) is 0. The second-order valence-electron chi connectivity index (χ2n) is 10.8. The standard InChI is InChI=1S/C30H41Cl2N5O/c1-21(2)17-27-20-37(16-15-34-27)29(19-26-5-3-4-13-33-26)36-25-10-7-23(8-11-25)30(38)35-14-12-22-6-9-24(31)18-28(22)32/h6-11,18-19,21,26-27,33-34,36H,3-5,12-17,20H2,1-2H3,(H,35,38)/b29-19-/t26?,27-/m0/s1. The molecular weight excluding hydrogens is 517 g/mol. The van der Waals surface area contributed by atoms with E-state index in [2.05, 4.69) is 46.1 Å². The number of nitrogens with one attached hydrogen (secondary N) is 4. The Labute approximate surface area is 237 Å². The van der Waals surface area contributed by atoms with E-state index >= 15 is 0 Å². The Morgan fingerprint density at radius 2 is 1.92 bits per heavy atom. The molecule has 6 nitrogen and oxygen atoms in total. The van der Waals surface area contributed by atoms with Gasteiger partial charge in [-0.05, 0) is 86.2 Å². The van der Waals surface area contributed by atoms with Gasteiger partial charge in [0.25, 0.3) is 5.91 Å². The molecule has 4 rings (SSSR count). The van der Waals surface area contributed by atoms with Crippen LogP contribution in [0.15, 0.2) is 54.4 Å². The molecule has 206 valence electrons. The molecule has 0 spiro atoms. The number of hydrogen-bond donors (Lipinski definition) is 4. The normalized spacial score (nSPS) is 20.4. The maximum Gasteiger partial charge on any atom is 0.251 e. The van der Waals surface area contributed by atoms with Gasteiger partial charge in [0.2, 0.25) is 0 Å². The number of nitrogens with zero attached hydrogens (tertiary/aromatic N) is 1. The largest absolute Gasteiger partial charge is 0.356 e. The van der Waals surface area contributed by atoms with Crippen LogP contribution in [0.1, 0.15) is 55.5 Å². The van der Waals surface area contributed by atoms with E-state index in [4.69, 9.17) is 23.2 Å². The molecule has 2 aliphatic heterocycles. The lowest BCUT2D eigenvalue weighted by Crippen LogP contribution is -2.51. The Morgan fingerprint density at radius 3 is 2.63 bits per heavy atom. The molecule has 2 heterocycles. The summed E-state index contributed by atoms with van der Waals surface area (Å²) in [6.07, 6.45) is 7.83. The SMILES string of the molecule is CC(C)C[C@H]1CN(/C(=C\C2CCCCN2)Nc2ccc(C(=O)NCCc3ccc(Cl)cc3Cl)cc2)CCN1. The van der Waals surface area contributed by atoms with Gasteiger partial charge in [-0.25, -0.2) is 0 Å². The number of anilines is 1. The van der Waals surface area contributed by atoms with Crippen LogP contribution in [0.3, 0.4) is 0 Å². The molecule has 0 saturated carbocycles. The van der Waals surface area contributed by atoms with E-state index in [0.717, 1.165) is 49.7 Å². The van der Waals surface area contributed by atoms with Gasteiger partial charge in [0, 0.05) is 59.6 Å². The highest BCUT2D eigenvalue weighted by molar-refractivity contribution is 6.35. The van der Waals surface area contributed by atoms with Gasteiger partial charge >= 0.3 is 0 Å². The van der Waals surface area contributed by atoms with Crippen LogP contribution in [0.4, 0.5) is 5.69 Å². The first-order chi connectivity index (χ1) is 18.4. The quantitative estimate of drug-likeness (QED) is 0.302. The van der Waals surface area contributed by atoms with Crippen molar-refractivity contribution in [3.63, 3.8) is 0 Å². The van der Waals surface area contributed by atoms with Crippen LogP contribution in [0.25, 0.3) is 0 Å². The Morgan fingerprint density at radius 1 is 1.11 bits per heavy atom. The fourth-order valence-electron chi connectivity index (χ4n) is 5.20. The Hall–Kier alpha value is -2.25. The van der Waals surface area contributed by atoms with Crippen LogP contribution >= 0.6 is 23.2 Å². The van der Waals surface area contributed by atoms with Crippen molar-refractivity contribution in [1.29, 1.82) is 0 Å². The highest BCUT2D eigenvalue weighted by Gasteiger charge is 2.23. The average molecular weight is 559 g/mol. The summed E-state index contributed by atoms with van der Waals surface area (Å²) in [5.41, 5.74) is 2.58. The van der Waals surface area contributed by atoms with E-state index in [1.165, 1.54) is 19.3 Å². The zero-order chi connectivity index (χ0) is 26.9. The van der Waals surface area contributed by atoms with Gasteiger partial charge in [0.15, 0.2) is 0 Å². The van der Waals surface area contributed by atoms with Gasteiger partial charge in [-0.15, -0.1) is 0 Å². The van der Waals surface area contributed by atoms with E-state index in [1.807, 2.05) is 36.4 Å². The zero-order valence-electron chi connectivity index (χ0n) is 22.5. The fraction of sp³-hybridized carbons (Fsp3) is 0.500. The minimum absolute atomic E-state index is 0.0950. The molecule has 4 N–H and O–H groups in total. The number of rotatable bonds is 10. The molecule has 38 heavy (non-hydrogen) atoms. The molecule has 0 radical (unpaired) electrons. The molecule has 2 aromatic rings. The molecule has 2 aliphatic rings. The first kappa shape index (κ1) is 28.8. The summed E-state index contributed by atoms with van der Waals surface area (Å²) in [4.78, 5) is 15.2. The molecule has 8 heteroatoms. The lowest BCUT2D eigenvalue weighted by molar-refractivity contribution is 0.0954. The second-order valence-corrected chi connectivity index (χ2v) is 11.6. The van der Waals surface area contributed by atoms with Gasteiger partial charge < -0.3 is 26.2 Å². The predicted octanol–water partition coefficient (Wildman–Crippen LogP) is 5.68. The number of halogens is 2. The van der Waals surface area contributed by atoms with Crippen molar-refractivity contribution in [3.8, 4) is 0 Å². The maximum atomic E-state index is 12.7. The monoisotopic (exact) mass is 557 g/mol. The molecule has 2 fully saturated rings. The van der Waals surface area contributed by atoms with Crippen LogP contribution in [0.5, 0.6) is 0 Å². The topological polar surface area (TPSA) is 68.4 Å². The highest BCUT2D eigenvalue weighted by Crippen LogP contribution is 2.22. The lowest BCUT2D eigenvalue weighted by atomic mass is 10.0. The van der Waals surface area contributed by atoms with Crippen molar-refractivity contribution in [1.82, 2.24) is 20.9 Å². The van der Waals surface area contributed by atoms with Crippen LogP contribution in [-0.4, -0.2) is 55.6 Å². The summed E-state index contributed by atoms with van der Waals surface area (Å²) in [5, 5.41) is 15.2. The predicted molar refractivity (Wildman–Crippen MR) is 159 cm³/mol. The Balaban J connectivity index is 1.38.